The van der Waals surface area contributed by atoms with Crippen molar-refractivity contribution in [2.45, 2.75) is 26.8 Å². The van der Waals surface area contributed by atoms with Gasteiger partial charge in [-0.15, -0.1) is 13.2 Å². The molecule has 0 amide bonds. The summed E-state index contributed by atoms with van der Waals surface area (Å²) >= 11 is 0. The molecule has 7 heteroatoms. The smallest absolute Gasteiger partial charge is 0.406 e. The van der Waals surface area contributed by atoms with E-state index in [0.717, 1.165) is 6.07 Å². The Hall–Kier alpha value is -2.49. The molecule has 0 bridgehead atoms. The molecule has 0 N–H and O–H groups in total. The molecule has 1 heterocycles. The summed E-state index contributed by atoms with van der Waals surface area (Å²) in [6.07, 6.45) is -1.52. The molecule has 0 saturated heterocycles. The Morgan fingerprint density at radius 1 is 1.27 bits per heavy atom. The number of hydrogen-bond donors (Lipinski definition) is 0. The second-order valence-electron chi connectivity index (χ2n) is 5.25. The molecule has 0 atom stereocenters. The van der Waals surface area contributed by atoms with E-state index in [1.165, 1.54) is 12.1 Å². The first-order chi connectivity index (χ1) is 10.3. The molecule has 0 saturated carbocycles. The van der Waals surface area contributed by atoms with Gasteiger partial charge in [-0.25, -0.2) is 0 Å². The van der Waals surface area contributed by atoms with Crippen LogP contribution in [0.15, 0.2) is 30.6 Å². The summed E-state index contributed by atoms with van der Waals surface area (Å²) < 4.78 is 42.6. The van der Waals surface area contributed by atoms with Gasteiger partial charge >= 0.3 is 6.36 Å². The summed E-state index contributed by atoms with van der Waals surface area (Å²) in [6, 6.07) is 5.62. The van der Waals surface area contributed by atoms with Crippen molar-refractivity contribution in [1.29, 1.82) is 5.26 Å². The van der Waals surface area contributed by atoms with Gasteiger partial charge in [0.2, 0.25) is 0 Å². The highest BCUT2D eigenvalue weighted by molar-refractivity contribution is 5.66. The standard InChI is InChI=1S/C15H14F3N3O/c1-10(2)8-21-9-13(7-20-21)12-3-11(6-19)4-14(5-12)22-15(16,17)18/h3-5,7,9-10H,8H2,1-2H3. The van der Waals surface area contributed by atoms with Gasteiger partial charge in [0.25, 0.3) is 0 Å². The zero-order chi connectivity index (χ0) is 16.3. The largest absolute Gasteiger partial charge is 0.573 e. The van der Waals surface area contributed by atoms with E-state index in [-0.39, 0.29) is 5.56 Å². The molecule has 0 aliphatic heterocycles. The first-order valence-corrected chi connectivity index (χ1v) is 6.60. The predicted molar refractivity (Wildman–Crippen MR) is 73.9 cm³/mol. The monoisotopic (exact) mass is 309 g/mol. The average Bonchev–Trinajstić information content (AvgIpc) is 2.84. The minimum Gasteiger partial charge on any atom is -0.406 e. The molecule has 116 valence electrons. The first-order valence-electron chi connectivity index (χ1n) is 6.60. The minimum absolute atomic E-state index is 0.0911. The summed E-state index contributed by atoms with van der Waals surface area (Å²) in [7, 11) is 0. The number of aromatic nitrogens is 2. The number of ether oxygens (including phenoxy) is 1. The molecule has 0 unspecified atom stereocenters. The summed E-state index contributed by atoms with van der Waals surface area (Å²) in [5, 5.41) is 13.1. The van der Waals surface area contributed by atoms with E-state index < -0.39 is 12.1 Å². The lowest BCUT2D eigenvalue weighted by Crippen LogP contribution is -2.17. The van der Waals surface area contributed by atoms with Crippen LogP contribution in [0.5, 0.6) is 5.75 Å². The molecule has 0 spiro atoms. The van der Waals surface area contributed by atoms with Crippen molar-refractivity contribution in [3.8, 4) is 22.9 Å². The van der Waals surface area contributed by atoms with Gasteiger partial charge in [0.15, 0.2) is 0 Å². The van der Waals surface area contributed by atoms with Crippen LogP contribution in [-0.4, -0.2) is 16.1 Å². The van der Waals surface area contributed by atoms with E-state index >= 15 is 0 Å². The lowest BCUT2D eigenvalue weighted by Gasteiger charge is -2.10. The Bertz CT molecular complexity index is 699. The molecule has 22 heavy (non-hydrogen) atoms. The summed E-state index contributed by atoms with van der Waals surface area (Å²) in [6.45, 7) is 4.77. The molecule has 2 rings (SSSR count). The van der Waals surface area contributed by atoms with Crippen LogP contribution in [0.1, 0.15) is 19.4 Å². The van der Waals surface area contributed by atoms with Crippen molar-refractivity contribution in [2.24, 2.45) is 5.92 Å². The van der Waals surface area contributed by atoms with E-state index in [1.54, 1.807) is 17.1 Å². The molecule has 1 aromatic heterocycles. The normalized spacial score (nSPS) is 11.5. The molecule has 1 aromatic carbocycles. The Labute approximate surface area is 125 Å². The van der Waals surface area contributed by atoms with E-state index in [0.29, 0.717) is 23.6 Å². The number of rotatable bonds is 4. The molecule has 0 fully saturated rings. The average molecular weight is 309 g/mol. The van der Waals surface area contributed by atoms with Gasteiger partial charge in [-0.05, 0) is 29.7 Å². The lowest BCUT2D eigenvalue weighted by molar-refractivity contribution is -0.274. The number of benzene rings is 1. The maximum Gasteiger partial charge on any atom is 0.573 e. The molecule has 0 aliphatic carbocycles. The van der Waals surface area contributed by atoms with E-state index in [1.807, 2.05) is 19.9 Å². The van der Waals surface area contributed by atoms with Crippen molar-refractivity contribution in [3.05, 3.63) is 36.2 Å². The number of hydrogen-bond acceptors (Lipinski definition) is 3. The molecule has 4 nitrogen and oxygen atoms in total. The number of nitrogens with zero attached hydrogens (tertiary/aromatic N) is 3. The molecule has 0 aliphatic rings. The number of alkyl halides is 3. The van der Waals surface area contributed by atoms with Crippen molar-refractivity contribution < 1.29 is 17.9 Å². The van der Waals surface area contributed by atoms with Crippen LogP contribution < -0.4 is 4.74 Å². The van der Waals surface area contributed by atoms with Gasteiger partial charge in [-0.2, -0.15) is 10.4 Å². The Kier molecular flexibility index (Phi) is 4.40. The maximum atomic E-state index is 12.3. The van der Waals surface area contributed by atoms with Crippen molar-refractivity contribution in [2.75, 3.05) is 0 Å². The van der Waals surface area contributed by atoms with Crippen LogP contribution in [0.4, 0.5) is 13.2 Å². The molecular weight excluding hydrogens is 295 g/mol. The van der Waals surface area contributed by atoms with Crippen LogP contribution in [0, 0.1) is 17.2 Å². The predicted octanol–water partition coefficient (Wildman–Crippen LogP) is 3.98. The highest BCUT2D eigenvalue weighted by Crippen LogP contribution is 2.29. The van der Waals surface area contributed by atoms with Crippen LogP contribution in [-0.2, 0) is 6.54 Å². The SMILES string of the molecule is CC(C)Cn1cc(-c2cc(C#N)cc(OC(F)(F)F)c2)cn1. The maximum absolute atomic E-state index is 12.3. The third-order valence-electron chi connectivity index (χ3n) is 2.79. The second-order valence-corrected chi connectivity index (χ2v) is 5.25. The zero-order valence-corrected chi connectivity index (χ0v) is 12.1. The summed E-state index contributed by atoms with van der Waals surface area (Å²) in [4.78, 5) is 0. The second kappa shape index (κ2) is 6.10. The summed E-state index contributed by atoms with van der Waals surface area (Å²) in [5.74, 6) is -0.0273. The lowest BCUT2D eigenvalue weighted by atomic mass is 10.1. The van der Waals surface area contributed by atoms with E-state index in [2.05, 4.69) is 9.84 Å². The zero-order valence-electron chi connectivity index (χ0n) is 12.1. The summed E-state index contributed by atoms with van der Waals surface area (Å²) in [5.41, 5.74) is 1.17. The molecule has 0 radical (unpaired) electrons. The van der Waals surface area contributed by atoms with Crippen molar-refractivity contribution in [3.63, 3.8) is 0 Å². The Morgan fingerprint density at radius 2 is 2.00 bits per heavy atom. The van der Waals surface area contributed by atoms with Crippen LogP contribution in [0.2, 0.25) is 0 Å². The van der Waals surface area contributed by atoms with Gasteiger partial charge in [0, 0.05) is 18.3 Å². The minimum atomic E-state index is -4.80. The van der Waals surface area contributed by atoms with E-state index in [9.17, 15) is 13.2 Å². The van der Waals surface area contributed by atoms with E-state index in [4.69, 9.17) is 5.26 Å². The van der Waals surface area contributed by atoms with Gasteiger partial charge in [-0.1, -0.05) is 13.8 Å². The number of halogens is 3. The van der Waals surface area contributed by atoms with Crippen LogP contribution in [0.25, 0.3) is 11.1 Å². The highest BCUT2D eigenvalue weighted by Gasteiger charge is 2.31. The molecular formula is C15H14F3N3O. The quantitative estimate of drug-likeness (QED) is 0.858. The first kappa shape index (κ1) is 15.9. The Morgan fingerprint density at radius 3 is 2.59 bits per heavy atom. The fourth-order valence-corrected chi connectivity index (χ4v) is 2.01. The van der Waals surface area contributed by atoms with Crippen molar-refractivity contribution >= 4 is 0 Å². The number of nitriles is 1. The topological polar surface area (TPSA) is 50.8 Å². The third kappa shape index (κ3) is 4.25. The van der Waals surface area contributed by atoms with Gasteiger partial charge in [0.05, 0.1) is 17.8 Å². The third-order valence-corrected chi connectivity index (χ3v) is 2.79. The fourth-order valence-electron chi connectivity index (χ4n) is 2.01. The highest BCUT2D eigenvalue weighted by atomic mass is 19.4. The van der Waals surface area contributed by atoms with Gasteiger partial charge in [-0.3, -0.25) is 4.68 Å². The Balaban J connectivity index is 2.36. The van der Waals surface area contributed by atoms with Crippen LogP contribution in [0.3, 0.4) is 0 Å². The van der Waals surface area contributed by atoms with Gasteiger partial charge in [0.1, 0.15) is 5.75 Å². The molecule has 2 aromatic rings. The van der Waals surface area contributed by atoms with Gasteiger partial charge < -0.3 is 4.74 Å². The fraction of sp³-hybridized carbons (Fsp3) is 0.333. The van der Waals surface area contributed by atoms with Crippen LogP contribution >= 0.6 is 0 Å². The van der Waals surface area contributed by atoms with Crippen molar-refractivity contribution in [1.82, 2.24) is 9.78 Å².